The molecule has 4 fully saturated rings. The van der Waals surface area contributed by atoms with Gasteiger partial charge in [0.25, 0.3) is 0 Å². The zero-order chi connectivity index (χ0) is 12.8. The predicted molar refractivity (Wildman–Crippen MR) is 68.1 cm³/mol. The Bertz CT molecular complexity index is 330. The second-order valence-corrected chi connectivity index (χ2v) is 6.65. The fourth-order valence-corrected chi connectivity index (χ4v) is 4.59. The minimum absolute atomic E-state index is 0.0468. The van der Waals surface area contributed by atoms with E-state index < -0.39 is 5.60 Å². The van der Waals surface area contributed by atoms with Gasteiger partial charge in [0.05, 0.1) is 11.7 Å². The monoisotopic (exact) mass is 318 g/mol. The van der Waals surface area contributed by atoms with Gasteiger partial charge >= 0.3 is 5.97 Å². The van der Waals surface area contributed by atoms with Gasteiger partial charge in [-0.15, -0.1) is 0 Å². The summed E-state index contributed by atoms with van der Waals surface area (Å²) in [6.07, 6.45) is 5.19. The van der Waals surface area contributed by atoms with Gasteiger partial charge < -0.3 is 14.6 Å². The van der Waals surface area contributed by atoms with E-state index in [1.165, 1.54) is 0 Å². The smallest absolute Gasteiger partial charge is 0.318 e. The van der Waals surface area contributed by atoms with Gasteiger partial charge in [0, 0.05) is 0 Å². The van der Waals surface area contributed by atoms with E-state index in [1.807, 2.05) is 0 Å². The summed E-state index contributed by atoms with van der Waals surface area (Å²) in [6, 6.07) is 0. The molecule has 2 atom stereocenters. The third-order valence-corrected chi connectivity index (χ3v) is 5.20. The maximum atomic E-state index is 11.0. The molecular formula is C13H19BrO4. The SMILES string of the molecule is O=C(CBr)OCOC1C2CC3CC1CC(O)(C3)C2. The average Bonchev–Trinajstić information content (AvgIpc) is 2.30. The quantitative estimate of drug-likeness (QED) is 0.488. The van der Waals surface area contributed by atoms with Gasteiger partial charge in [0.1, 0.15) is 5.33 Å². The summed E-state index contributed by atoms with van der Waals surface area (Å²) in [6.45, 7) is 0.0468. The molecular weight excluding hydrogens is 300 g/mol. The highest BCUT2D eigenvalue weighted by Crippen LogP contribution is 2.56. The van der Waals surface area contributed by atoms with E-state index in [-0.39, 0.29) is 24.2 Å². The normalized spacial score (nSPS) is 45.2. The predicted octanol–water partition coefficient (Wildman–Crippen LogP) is 1.84. The lowest BCUT2D eigenvalue weighted by Gasteiger charge is -2.57. The van der Waals surface area contributed by atoms with E-state index in [1.54, 1.807) is 0 Å². The molecule has 0 heterocycles. The first-order valence-corrected chi connectivity index (χ1v) is 7.77. The molecule has 0 spiro atoms. The summed E-state index contributed by atoms with van der Waals surface area (Å²) in [5.41, 5.74) is -0.428. The molecule has 0 aliphatic heterocycles. The van der Waals surface area contributed by atoms with Crippen molar-refractivity contribution in [3.8, 4) is 0 Å². The van der Waals surface area contributed by atoms with Gasteiger partial charge in [-0.2, -0.15) is 0 Å². The molecule has 18 heavy (non-hydrogen) atoms. The number of carbonyl (C=O) groups excluding carboxylic acids is 1. The summed E-state index contributed by atoms with van der Waals surface area (Å²) < 4.78 is 10.7. The fourth-order valence-electron chi connectivity index (χ4n) is 4.42. The summed E-state index contributed by atoms with van der Waals surface area (Å²) in [7, 11) is 0. The molecule has 4 aliphatic rings. The summed E-state index contributed by atoms with van der Waals surface area (Å²) >= 11 is 3.05. The van der Waals surface area contributed by atoms with Crippen molar-refractivity contribution in [1.82, 2.24) is 0 Å². The Balaban J connectivity index is 1.57. The minimum atomic E-state index is -0.428. The number of carbonyl (C=O) groups is 1. The number of hydrogen-bond donors (Lipinski definition) is 1. The third-order valence-electron chi connectivity index (χ3n) is 4.74. The van der Waals surface area contributed by atoms with Gasteiger partial charge in [-0.3, -0.25) is 4.79 Å². The van der Waals surface area contributed by atoms with E-state index in [4.69, 9.17) is 9.47 Å². The second-order valence-electron chi connectivity index (χ2n) is 6.09. The molecule has 0 aromatic carbocycles. The molecule has 4 saturated carbocycles. The largest absolute Gasteiger partial charge is 0.438 e. The van der Waals surface area contributed by atoms with E-state index in [0.29, 0.717) is 17.8 Å². The number of ether oxygens (including phenoxy) is 2. The van der Waals surface area contributed by atoms with Crippen molar-refractivity contribution in [1.29, 1.82) is 0 Å². The maximum absolute atomic E-state index is 11.0. The van der Waals surface area contributed by atoms with Crippen LogP contribution in [-0.2, 0) is 14.3 Å². The molecule has 5 heteroatoms. The lowest BCUT2D eigenvalue weighted by molar-refractivity contribution is -0.215. The van der Waals surface area contributed by atoms with Gasteiger partial charge in [-0.25, -0.2) is 0 Å². The molecule has 0 saturated heterocycles. The molecule has 2 unspecified atom stereocenters. The molecule has 1 N–H and O–H groups in total. The molecule has 102 valence electrons. The molecule has 4 nitrogen and oxygen atoms in total. The Hall–Kier alpha value is -0.130. The Morgan fingerprint density at radius 2 is 1.94 bits per heavy atom. The van der Waals surface area contributed by atoms with Crippen LogP contribution in [0.5, 0.6) is 0 Å². The van der Waals surface area contributed by atoms with Crippen molar-refractivity contribution >= 4 is 21.9 Å². The van der Waals surface area contributed by atoms with Crippen LogP contribution in [0.1, 0.15) is 32.1 Å². The number of esters is 1. The van der Waals surface area contributed by atoms with Crippen LogP contribution in [0.4, 0.5) is 0 Å². The van der Waals surface area contributed by atoms with Crippen molar-refractivity contribution < 1.29 is 19.4 Å². The first kappa shape index (κ1) is 12.9. The van der Waals surface area contributed by atoms with Crippen LogP contribution in [0.15, 0.2) is 0 Å². The zero-order valence-corrected chi connectivity index (χ0v) is 11.9. The Morgan fingerprint density at radius 3 is 2.50 bits per heavy atom. The first-order valence-electron chi connectivity index (χ1n) is 6.65. The Morgan fingerprint density at radius 1 is 1.28 bits per heavy atom. The Labute approximate surface area is 115 Å². The van der Waals surface area contributed by atoms with Gasteiger partial charge in [0.15, 0.2) is 6.79 Å². The molecule has 4 rings (SSSR count). The number of rotatable bonds is 4. The first-order chi connectivity index (χ1) is 8.59. The molecule has 0 radical (unpaired) electrons. The van der Waals surface area contributed by atoms with Gasteiger partial charge in [0.2, 0.25) is 0 Å². The van der Waals surface area contributed by atoms with E-state index in [0.717, 1.165) is 32.1 Å². The van der Waals surface area contributed by atoms with Crippen molar-refractivity contribution in [3.05, 3.63) is 0 Å². The van der Waals surface area contributed by atoms with Crippen LogP contribution in [0, 0.1) is 17.8 Å². The number of halogens is 1. The summed E-state index contributed by atoms with van der Waals surface area (Å²) in [5.74, 6) is 1.28. The van der Waals surface area contributed by atoms with E-state index in [2.05, 4.69) is 15.9 Å². The lowest BCUT2D eigenvalue weighted by atomic mass is 9.53. The Kier molecular flexibility index (Phi) is 3.41. The third kappa shape index (κ3) is 2.32. The van der Waals surface area contributed by atoms with E-state index >= 15 is 0 Å². The fraction of sp³-hybridized carbons (Fsp3) is 0.923. The number of hydrogen-bond acceptors (Lipinski definition) is 4. The molecule has 0 amide bonds. The topological polar surface area (TPSA) is 55.8 Å². The van der Waals surface area contributed by atoms with Crippen LogP contribution >= 0.6 is 15.9 Å². The average molecular weight is 319 g/mol. The van der Waals surface area contributed by atoms with Crippen LogP contribution in [-0.4, -0.2) is 34.9 Å². The highest BCUT2D eigenvalue weighted by atomic mass is 79.9. The molecule has 4 bridgehead atoms. The molecule has 4 aliphatic carbocycles. The van der Waals surface area contributed by atoms with Gasteiger partial charge in [-0.1, -0.05) is 15.9 Å². The molecule has 0 aromatic heterocycles. The van der Waals surface area contributed by atoms with Crippen LogP contribution in [0.25, 0.3) is 0 Å². The highest BCUT2D eigenvalue weighted by molar-refractivity contribution is 9.09. The van der Waals surface area contributed by atoms with Crippen LogP contribution in [0.3, 0.4) is 0 Å². The van der Waals surface area contributed by atoms with Crippen LogP contribution in [0.2, 0.25) is 0 Å². The van der Waals surface area contributed by atoms with Gasteiger partial charge in [-0.05, 0) is 49.9 Å². The zero-order valence-electron chi connectivity index (χ0n) is 10.3. The van der Waals surface area contributed by atoms with Crippen LogP contribution < -0.4 is 0 Å². The number of alkyl halides is 1. The van der Waals surface area contributed by atoms with Crippen molar-refractivity contribution in [2.24, 2.45) is 17.8 Å². The van der Waals surface area contributed by atoms with Crippen molar-refractivity contribution in [2.45, 2.75) is 43.8 Å². The second kappa shape index (κ2) is 4.76. The maximum Gasteiger partial charge on any atom is 0.318 e. The number of aliphatic hydroxyl groups is 1. The van der Waals surface area contributed by atoms with Crippen molar-refractivity contribution in [3.63, 3.8) is 0 Å². The highest BCUT2D eigenvalue weighted by Gasteiger charge is 2.55. The summed E-state index contributed by atoms with van der Waals surface area (Å²) in [4.78, 5) is 11.0. The van der Waals surface area contributed by atoms with Crippen molar-refractivity contribution in [2.75, 3.05) is 12.1 Å². The van der Waals surface area contributed by atoms with E-state index in [9.17, 15) is 9.90 Å². The molecule has 0 aromatic rings. The standard InChI is InChI=1S/C13H19BrO4/c14-6-11(15)17-7-18-12-9-1-8-2-10(12)5-13(16,3-8)4-9/h8-10,12,16H,1-7H2. The lowest BCUT2D eigenvalue weighted by Crippen LogP contribution is -2.57. The minimum Gasteiger partial charge on any atom is -0.438 e. The summed E-state index contributed by atoms with van der Waals surface area (Å²) in [5, 5.41) is 10.6.